The van der Waals surface area contributed by atoms with Crippen LogP contribution in [0.5, 0.6) is 5.88 Å². The van der Waals surface area contributed by atoms with E-state index in [-0.39, 0.29) is 10.3 Å². The van der Waals surface area contributed by atoms with E-state index in [1.807, 2.05) is 0 Å². The molecule has 0 aliphatic rings. The van der Waals surface area contributed by atoms with E-state index in [9.17, 15) is 14.7 Å². The molecule has 1 heterocycles. The Bertz CT molecular complexity index is 762. The number of benzene rings is 1. The maximum atomic E-state index is 11.6. The predicted octanol–water partition coefficient (Wildman–Crippen LogP) is 2.57. The normalized spacial score (nSPS) is 10.4. The van der Waals surface area contributed by atoms with Gasteiger partial charge in [0.25, 0.3) is 5.56 Å². The second kappa shape index (κ2) is 5.10. The summed E-state index contributed by atoms with van der Waals surface area (Å²) in [6.07, 6.45) is 0. The minimum Gasteiger partial charge on any atom is -0.493 e. The molecule has 19 heavy (non-hydrogen) atoms. The number of nitrogens with one attached hydrogen (secondary N) is 1. The average Bonchev–Trinajstić information content (AvgIpc) is 2.30. The summed E-state index contributed by atoms with van der Waals surface area (Å²) in [5.41, 5.74) is -0.454. The number of Topliss-reactive ketones (excluding diaryl/α,β-unsaturated/α-hetero) is 1. The van der Waals surface area contributed by atoms with E-state index in [1.165, 1.54) is 11.5 Å². The number of aromatic hydroxyl groups is 1. The standard InChI is InChI=1S/C12H9BrN2O3S/c1-6(16)9-10(17)14-12(19)15(11(9)18)8-4-2-7(13)3-5-8/h2-5,18H,1H3,(H,14,17,19). The first kappa shape index (κ1) is 13.7. The zero-order valence-corrected chi connectivity index (χ0v) is 12.2. The number of hydrogen-bond donors (Lipinski definition) is 2. The highest BCUT2D eigenvalue weighted by Crippen LogP contribution is 2.21. The van der Waals surface area contributed by atoms with Gasteiger partial charge in [-0.3, -0.25) is 19.1 Å². The minimum absolute atomic E-state index is 0.0230. The van der Waals surface area contributed by atoms with Crippen molar-refractivity contribution in [2.75, 3.05) is 0 Å². The summed E-state index contributed by atoms with van der Waals surface area (Å²) >= 11 is 8.31. The summed E-state index contributed by atoms with van der Waals surface area (Å²) in [6, 6.07) is 6.91. The third-order valence-corrected chi connectivity index (χ3v) is 3.34. The summed E-state index contributed by atoms with van der Waals surface area (Å²) < 4.78 is 2.12. The lowest BCUT2D eigenvalue weighted by Crippen LogP contribution is -2.20. The van der Waals surface area contributed by atoms with E-state index in [2.05, 4.69) is 20.9 Å². The summed E-state index contributed by atoms with van der Waals surface area (Å²) in [6.45, 7) is 1.21. The zero-order chi connectivity index (χ0) is 14.2. The van der Waals surface area contributed by atoms with Crippen LogP contribution >= 0.6 is 28.1 Å². The van der Waals surface area contributed by atoms with Crippen molar-refractivity contribution in [3.8, 4) is 11.6 Å². The molecule has 0 aliphatic carbocycles. The number of rotatable bonds is 2. The number of halogens is 1. The molecule has 7 heteroatoms. The van der Waals surface area contributed by atoms with Gasteiger partial charge in [0.05, 0.1) is 5.69 Å². The van der Waals surface area contributed by atoms with Gasteiger partial charge in [0, 0.05) is 4.47 Å². The number of carbonyl (C=O) groups is 1. The van der Waals surface area contributed by atoms with Gasteiger partial charge in [-0.15, -0.1) is 0 Å². The highest BCUT2D eigenvalue weighted by molar-refractivity contribution is 9.10. The van der Waals surface area contributed by atoms with Crippen LogP contribution in [0.3, 0.4) is 0 Å². The van der Waals surface area contributed by atoms with Crippen LogP contribution in [-0.2, 0) is 0 Å². The zero-order valence-electron chi connectivity index (χ0n) is 9.81. The van der Waals surface area contributed by atoms with Crippen molar-refractivity contribution in [3.05, 3.63) is 49.4 Å². The van der Waals surface area contributed by atoms with E-state index in [1.54, 1.807) is 24.3 Å². The molecule has 2 aromatic rings. The van der Waals surface area contributed by atoms with Crippen LogP contribution < -0.4 is 5.56 Å². The summed E-state index contributed by atoms with van der Waals surface area (Å²) in [4.78, 5) is 25.4. The molecule has 0 unspecified atom stereocenters. The molecular weight excluding hydrogens is 332 g/mol. The van der Waals surface area contributed by atoms with Crippen LogP contribution in [-0.4, -0.2) is 20.4 Å². The third-order valence-electron chi connectivity index (χ3n) is 2.52. The Morgan fingerprint density at radius 2 is 1.95 bits per heavy atom. The maximum absolute atomic E-state index is 11.6. The molecule has 0 bridgehead atoms. The van der Waals surface area contributed by atoms with Gasteiger partial charge in [0.1, 0.15) is 5.56 Å². The topological polar surface area (TPSA) is 75.1 Å². The van der Waals surface area contributed by atoms with Crippen LogP contribution in [0, 0.1) is 4.77 Å². The van der Waals surface area contributed by atoms with Crippen molar-refractivity contribution in [3.63, 3.8) is 0 Å². The van der Waals surface area contributed by atoms with Gasteiger partial charge in [-0.1, -0.05) is 15.9 Å². The molecule has 0 aliphatic heterocycles. The van der Waals surface area contributed by atoms with Crippen molar-refractivity contribution < 1.29 is 9.90 Å². The van der Waals surface area contributed by atoms with Crippen molar-refractivity contribution in [2.24, 2.45) is 0 Å². The largest absolute Gasteiger partial charge is 0.493 e. The van der Waals surface area contributed by atoms with Crippen molar-refractivity contribution in [2.45, 2.75) is 6.92 Å². The highest BCUT2D eigenvalue weighted by atomic mass is 79.9. The maximum Gasteiger partial charge on any atom is 0.266 e. The van der Waals surface area contributed by atoms with Crippen LogP contribution in [0.2, 0.25) is 0 Å². The van der Waals surface area contributed by atoms with Gasteiger partial charge >= 0.3 is 0 Å². The van der Waals surface area contributed by atoms with E-state index in [4.69, 9.17) is 12.2 Å². The van der Waals surface area contributed by atoms with Crippen molar-refractivity contribution in [1.29, 1.82) is 0 Å². The number of aromatic nitrogens is 2. The molecule has 0 saturated carbocycles. The predicted molar refractivity (Wildman–Crippen MR) is 76.6 cm³/mol. The van der Waals surface area contributed by atoms with E-state index < -0.39 is 17.2 Å². The lowest BCUT2D eigenvalue weighted by atomic mass is 10.2. The quantitative estimate of drug-likeness (QED) is 0.650. The first-order valence-electron chi connectivity index (χ1n) is 5.27. The Kier molecular flexibility index (Phi) is 3.68. The summed E-state index contributed by atoms with van der Waals surface area (Å²) in [5.74, 6) is -0.983. The lowest BCUT2D eigenvalue weighted by Gasteiger charge is -2.11. The first-order valence-corrected chi connectivity index (χ1v) is 6.47. The fourth-order valence-electron chi connectivity index (χ4n) is 1.67. The van der Waals surface area contributed by atoms with E-state index >= 15 is 0 Å². The van der Waals surface area contributed by atoms with Crippen LogP contribution in [0.25, 0.3) is 5.69 Å². The number of hydrogen-bond acceptors (Lipinski definition) is 4. The Morgan fingerprint density at radius 3 is 2.47 bits per heavy atom. The molecule has 0 amide bonds. The number of carbonyl (C=O) groups excluding carboxylic acids is 1. The molecule has 2 rings (SSSR count). The lowest BCUT2D eigenvalue weighted by molar-refractivity contribution is 0.101. The van der Waals surface area contributed by atoms with Gasteiger partial charge in [0.2, 0.25) is 5.88 Å². The second-order valence-corrected chi connectivity index (χ2v) is 5.13. The molecule has 1 aromatic carbocycles. The van der Waals surface area contributed by atoms with E-state index in [0.29, 0.717) is 5.69 Å². The van der Waals surface area contributed by atoms with Crippen LogP contribution in [0.1, 0.15) is 17.3 Å². The Morgan fingerprint density at radius 1 is 1.37 bits per heavy atom. The van der Waals surface area contributed by atoms with E-state index in [0.717, 1.165) is 4.47 Å². The molecule has 0 atom stereocenters. The van der Waals surface area contributed by atoms with Gasteiger partial charge in [-0.25, -0.2) is 0 Å². The van der Waals surface area contributed by atoms with Gasteiger partial charge in [-0.05, 0) is 43.4 Å². The third kappa shape index (κ3) is 2.52. The number of aromatic amines is 1. The molecule has 98 valence electrons. The molecule has 0 saturated heterocycles. The smallest absolute Gasteiger partial charge is 0.266 e. The van der Waals surface area contributed by atoms with Gasteiger partial charge in [-0.2, -0.15) is 0 Å². The Hall–Kier alpha value is -1.73. The number of ketones is 1. The molecule has 0 fully saturated rings. The Balaban J connectivity index is 2.81. The number of H-pyrrole nitrogens is 1. The average molecular weight is 341 g/mol. The van der Waals surface area contributed by atoms with Gasteiger partial charge < -0.3 is 5.11 Å². The van der Waals surface area contributed by atoms with Gasteiger partial charge in [0.15, 0.2) is 10.6 Å². The van der Waals surface area contributed by atoms with Crippen LogP contribution in [0.4, 0.5) is 0 Å². The summed E-state index contributed by atoms with van der Waals surface area (Å²) in [5, 5.41) is 10.1. The molecule has 0 spiro atoms. The first-order chi connectivity index (χ1) is 8.91. The van der Waals surface area contributed by atoms with Crippen LogP contribution in [0.15, 0.2) is 33.5 Å². The number of nitrogens with zero attached hydrogens (tertiary/aromatic N) is 1. The minimum atomic E-state index is -0.691. The molecular formula is C12H9BrN2O3S. The fourth-order valence-corrected chi connectivity index (χ4v) is 2.22. The highest BCUT2D eigenvalue weighted by Gasteiger charge is 2.17. The fraction of sp³-hybridized carbons (Fsp3) is 0.0833. The molecule has 2 N–H and O–H groups in total. The summed E-state index contributed by atoms with van der Waals surface area (Å²) in [7, 11) is 0. The Labute approximate surface area is 121 Å². The second-order valence-electron chi connectivity index (χ2n) is 3.83. The molecule has 0 radical (unpaired) electrons. The van der Waals surface area contributed by atoms with Crippen molar-refractivity contribution >= 4 is 33.9 Å². The molecule has 1 aromatic heterocycles. The monoisotopic (exact) mass is 340 g/mol. The SMILES string of the molecule is CC(=O)c1c(O)n(-c2ccc(Br)cc2)c(=S)[nH]c1=O. The van der Waals surface area contributed by atoms with Crippen molar-refractivity contribution in [1.82, 2.24) is 9.55 Å². The molecule has 5 nitrogen and oxygen atoms in total.